The molecule has 0 aliphatic carbocycles. The van der Waals surface area contributed by atoms with E-state index in [1.807, 2.05) is 20.8 Å². The molecule has 0 saturated carbocycles. The summed E-state index contributed by atoms with van der Waals surface area (Å²) in [6, 6.07) is 0. The molecule has 16 heavy (non-hydrogen) atoms. The minimum absolute atomic E-state index is 0.194. The van der Waals surface area contributed by atoms with Crippen LogP contribution in [0.1, 0.15) is 36.7 Å². The summed E-state index contributed by atoms with van der Waals surface area (Å²) in [4.78, 5) is 0. The van der Waals surface area contributed by atoms with Crippen LogP contribution < -0.4 is 4.72 Å². The van der Waals surface area contributed by atoms with Crippen molar-refractivity contribution in [1.82, 2.24) is 14.9 Å². The van der Waals surface area contributed by atoms with E-state index in [9.17, 15) is 8.42 Å². The second-order valence-electron chi connectivity index (χ2n) is 3.91. The van der Waals surface area contributed by atoms with Gasteiger partial charge in [-0.15, -0.1) is 0 Å². The first-order valence-corrected chi connectivity index (χ1v) is 7.09. The zero-order valence-electron chi connectivity index (χ0n) is 10.0. The van der Waals surface area contributed by atoms with Gasteiger partial charge in [-0.25, -0.2) is 13.1 Å². The van der Waals surface area contributed by atoms with Gasteiger partial charge in [0, 0.05) is 17.8 Å². The van der Waals surface area contributed by atoms with Crippen LogP contribution in [0.2, 0.25) is 0 Å². The van der Waals surface area contributed by atoms with E-state index in [-0.39, 0.29) is 5.75 Å². The quantitative estimate of drug-likeness (QED) is 0.792. The average molecular weight is 245 g/mol. The number of nitrogens with one attached hydrogen (secondary N) is 2. The standard InChI is InChI=1S/C10H19N3O2S/c1-4-5-6-16(14,15)11-7-10-8(2)12-13-9(10)3/h11H,4-7H2,1-3H3,(H,12,13). The number of nitrogens with zero attached hydrogens (tertiary/aromatic N) is 1. The van der Waals surface area contributed by atoms with Gasteiger partial charge in [-0.3, -0.25) is 5.10 Å². The van der Waals surface area contributed by atoms with Crippen LogP contribution in [-0.4, -0.2) is 24.4 Å². The summed E-state index contributed by atoms with van der Waals surface area (Å²) < 4.78 is 25.7. The number of H-pyrrole nitrogens is 1. The minimum Gasteiger partial charge on any atom is -0.282 e. The average Bonchev–Trinajstić information content (AvgIpc) is 2.53. The lowest BCUT2D eigenvalue weighted by Gasteiger charge is -2.06. The molecule has 0 saturated heterocycles. The molecule has 1 aromatic heterocycles. The van der Waals surface area contributed by atoms with Gasteiger partial charge >= 0.3 is 0 Å². The van der Waals surface area contributed by atoms with Crippen LogP contribution in [0.3, 0.4) is 0 Å². The summed E-state index contributed by atoms with van der Waals surface area (Å²) in [5.41, 5.74) is 2.69. The first-order valence-electron chi connectivity index (χ1n) is 5.44. The minimum atomic E-state index is -3.14. The van der Waals surface area contributed by atoms with E-state index in [1.54, 1.807) is 0 Å². The van der Waals surface area contributed by atoms with Gasteiger partial charge in [0.25, 0.3) is 0 Å². The molecular weight excluding hydrogens is 226 g/mol. The van der Waals surface area contributed by atoms with Crippen LogP contribution >= 0.6 is 0 Å². The van der Waals surface area contributed by atoms with Crippen molar-refractivity contribution in [3.63, 3.8) is 0 Å². The molecular formula is C10H19N3O2S. The number of hydrogen-bond donors (Lipinski definition) is 2. The van der Waals surface area contributed by atoms with Crippen molar-refractivity contribution in [2.45, 2.75) is 40.2 Å². The van der Waals surface area contributed by atoms with E-state index in [0.717, 1.165) is 23.4 Å². The normalized spacial score (nSPS) is 11.9. The molecule has 0 fully saturated rings. The Bertz CT molecular complexity index is 417. The highest BCUT2D eigenvalue weighted by Gasteiger charge is 2.12. The maximum absolute atomic E-state index is 11.6. The lowest BCUT2D eigenvalue weighted by molar-refractivity contribution is 0.577. The van der Waals surface area contributed by atoms with Gasteiger partial charge in [-0.1, -0.05) is 13.3 Å². The molecule has 0 radical (unpaired) electrons. The van der Waals surface area contributed by atoms with E-state index in [0.29, 0.717) is 13.0 Å². The monoisotopic (exact) mass is 245 g/mol. The lowest BCUT2D eigenvalue weighted by Crippen LogP contribution is -2.26. The zero-order valence-corrected chi connectivity index (χ0v) is 10.8. The fourth-order valence-electron chi connectivity index (χ4n) is 1.42. The molecule has 2 N–H and O–H groups in total. The molecule has 1 heterocycles. The molecule has 1 rings (SSSR count). The van der Waals surface area contributed by atoms with Crippen LogP contribution in [0.25, 0.3) is 0 Å². The number of unbranched alkanes of at least 4 members (excludes halogenated alkanes) is 1. The predicted octanol–water partition coefficient (Wildman–Crippen LogP) is 1.25. The van der Waals surface area contributed by atoms with Crippen molar-refractivity contribution in [3.05, 3.63) is 17.0 Å². The molecule has 0 spiro atoms. The van der Waals surface area contributed by atoms with Gasteiger partial charge < -0.3 is 0 Å². The largest absolute Gasteiger partial charge is 0.282 e. The molecule has 0 aromatic carbocycles. The Morgan fingerprint density at radius 3 is 2.56 bits per heavy atom. The fourth-order valence-corrected chi connectivity index (χ4v) is 2.60. The van der Waals surface area contributed by atoms with Crippen molar-refractivity contribution < 1.29 is 8.42 Å². The molecule has 6 heteroatoms. The third-order valence-corrected chi connectivity index (χ3v) is 3.93. The number of aromatic amines is 1. The van der Waals surface area contributed by atoms with E-state index >= 15 is 0 Å². The third kappa shape index (κ3) is 3.61. The smallest absolute Gasteiger partial charge is 0.211 e. The van der Waals surface area contributed by atoms with Crippen molar-refractivity contribution >= 4 is 10.0 Å². The molecule has 0 aliphatic heterocycles. The van der Waals surface area contributed by atoms with Crippen molar-refractivity contribution in [2.24, 2.45) is 0 Å². The van der Waals surface area contributed by atoms with Crippen molar-refractivity contribution in [3.8, 4) is 0 Å². The molecule has 0 atom stereocenters. The predicted molar refractivity (Wildman–Crippen MR) is 63.6 cm³/mol. The Balaban J connectivity index is 2.58. The molecule has 0 aliphatic rings. The summed E-state index contributed by atoms with van der Waals surface area (Å²) in [6.45, 7) is 6.04. The van der Waals surface area contributed by atoms with E-state index in [2.05, 4.69) is 14.9 Å². The highest BCUT2D eigenvalue weighted by atomic mass is 32.2. The zero-order chi connectivity index (χ0) is 12.2. The molecule has 0 bridgehead atoms. The summed E-state index contributed by atoms with van der Waals surface area (Å²) in [7, 11) is -3.14. The Morgan fingerprint density at radius 1 is 1.38 bits per heavy atom. The summed E-state index contributed by atoms with van der Waals surface area (Å²) in [6.07, 6.45) is 1.57. The number of sulfonamides is 1. The number of aromatic nitrogens is 2. The number of rotatable bonds is 6. The Labute approximate surface area is 96.7 Å². The third-order valence-electron chi connectivity index (χ3n) is 2.52. The molecule has 1 aromatic rings. The van der Waals surface area contributed by atoms with Crippen molar-refractivity contribution in [2.75, 3.05) is 5.75 Å². The fraction of sp³-hybridized carbons (Fsp3) is 0.700. The SMILES string of the molecule is CCCCS(=O)(=O)NCc1c(C)n[nH]c1C. The Morgan fingerprint density at radius 2 is 2.06 bits per heavy atom. The van der Waals surface area contributed by atoms with E-state index in [4.69, 9.17) is 0 Å². The van der Waals surface area contributed by atoms with Crippen LogP contribution in [0.4, 0.5) is 0 Å². The Kier molecular flexibility index (Phi) is 4.49. The second-order valence-corrected chi connectivity index (χ2v) is 5.83. The van der Waals surface area contributed by atoms with Gasteiger partial charge in [0.15, 0.2) is 0 Å². The number of aryl methyl sites for hydroxylation is 2. The molecule has 0 unspecified atom stereocenters. The lowest BCUT2D eigenvalue weighted by atomic mass is 10.2. The summed E-state index contributed by atoms with van der Waals surface area (Å²) >= 11 is 0. The summed E-state index contributed by atoms with van der Waals surface area (Å²) in [5, 5.41) is 6.85. The van der Waals surface area contributed by atoms with Crippen molar-refractivity contribution in [1.29, 1.82) is 0 Å². The van der Waals surface area contributed by atoms with Crippen LogP contribution in [0.5, 0.6) is 0 Å². The van der Waals surface area contributed by atoms with E-state index < -0.39 is 10.0 Å². The van der Waals surface area contributed by atoms with Crippen LogP contribution in [-0.2, 0) is 16.6 Å². The number of hydrogen-bond acceptors (Lipinski definition) is 3. The van der Waals surface area contributed by atoms with Gasteiger partial charge in [0.2, 0.25) is 10.0 Å². The van der Waals surface area contributed by atoms with Crippen LogP contribution in [0.15, 0.2) is 0 Å². The summed E-state index contributed by atoms with van der Waals surface area (Å²) in [5.74, 6) is 0.194. The van der Waals surface area contributed by atoms with Gasteiger partial charge in [-0.2, -0.15) is 5.10 Å². The first-order chi connectivity index (χ1) is 7.46. The maximum Gasteiger partial charge on any atom is 0.211 e. The Hall–Kier alpha value is -0.880. The van der Waals surface area contributed by atoms with Gasteiger partial charge in [0.05, 0.1) is 11.4 Å². The molecule has 92 valence electrons. The maximum atomic E-state index is 11.6. The highest BCUT2D eigenvalue weighted by Crippen LogP contribution is 2.09. The topological polar surface area (TPSA) is 74.8 Å². The highest BCUT2D eigenvalue weighted by molar-refractivity contribution is 7.89. The first kappa shape index (κ1) is 13.2. The second kappa shape index (κ2) is 5.45. The molecule has 0 amide bonds. The van der Waals surface area contributed by atoms with Crippen LogP contribution in [0, 0.1) is 13.8 Å². The van der Waals surface area contributed by atoms with E-state index in [1.165, 1.54) is 0 Å². The van der Waals surface area contributed by atoms with Gasteiger partial charge in [-0.05, 0) is 20.3 Å². The van der Waals surface area contributed by atoms with Gasteiger partial charge in [0.1, 0.15) is 0 Å². The molecule has 5 nitrogen and oxygen atoms in total.